The van der Waals surface area contributed by atoms with E-state index >= 15 is 0 Å². The lowest BCUT2D eigenvalue weighted by Gasteiger charge is -2.32. The van der Waals surface area contributed by atoms with Crippen molar-refractivity contribution in [3.05, 3.63) is 17.7 Å². The lowest BCUT2D eigenvalue weighted by Crippen LogP contribution is -2.49. The van der Waals surface area contributed by atoms with Crippen molar-refractivity contribution in [3.8, 4) is 17.2 Å². The molecule has 1 aliphatic rings. The van der Waals surface area contributed by atoms with Crippen LogP contribution in [0, 0.1) is 0 Å². The van der Waals surface area contributed by atoms with Gasteiger partial charge in [-0.25, -0.2) is 0 Å². The third kappa shape index (κ3) is 4.75. The fraction of sp³-hybridized carbons (Fsp3) is 0.529. The maximum Gasteiger partial charge on any atom is 0.471 e. The second-order valence-corrected chi connectivity index (χ2v) is 5.95. The van der Waals surface area contributed by atoms with Gasteiger partial charge in [0.1, 0.15) is 0 Å². The van der Waals surface area contributed by atoms with Crippen molar-refractivity contribution in [1.82, 2.24) is 10.2 Å². The molecule has 0 aliphatic carbocycles. The van der Waals surface area contributed by atoms with Gasteiger partial charge in [-0.3, -0.25) is 9.59 Å². The third-order valence-corrected chi connectivity index (χ3v) is 4.29. The highest BCUT2D eigenvalue weighted by Gasteiger charge is 2.40. The lowest BCUT2D eigenvalue weighted by atomic mass is 10.0. The van der Waals surface area contributed by atoms with E-state index in [1.165, 1.54) is 38.4 Å². The Bertz CT molecular complexity index is 675. The van der Waals surface area contributed by atoms with Crippen molar-refractivity contribution >= 4 is 11.8 Å². The van der Waals surface area contributed by atoms with E-state index in [4.69, 9.17) is 14.2 Å². The lowest BCUT2D eigenvalue weighted by molar-refractivity contribution is -0.174. The van der Waals surface area contributed by atoms with Crippen LogP contribution in [0.1, 0.15) is 23.2 Å². The zero-order valence-corrected chi connectivity index (χ0v) is 15.2. The van der Waals surface area contributed by atoms with Gasteiger partial charge in [-0.2, -0.15) is 13.2 Å². The minimum Gasteiger partial charge on any atom is -0.493 e. The minimum absolute atomic E-state index is 0.221. The number of methoxy groups -OCH3 is 3. The van der Waals surface area contributed by atoms with Crippen LogP contribution in [-0.4, -0.2) is 63.4 Å². The number of nitrogens with one attached hydrogen (secondary N) is 1. The molecule has 0 aromatic heterocycles. The Balaban J connectivity index is 2.07. The molecule has 1 fully saturated rings. The van der Waals surface area contributed by atoms with E-state index in [-0.39, 0.29) is 31.8 Å². The summed E-state index contributed by atoms with van der Waals surface area (Å²) in [5, 5.41) is 1.95. The average molecular weight is 390 g/mol. The maximum absolute atomic E-state index is 12.7. The van der Waals surface area contributed by atoms with Gasteiger partial charge < -0.3 is 24.4 Å². The van der Waals surface area contributed by atoms with Crippen LogP contribution >= 0.6 is 0 Å². The fourth-order valence-corrected chi connectivity index (χ4v) is 2.88. The zero-order chi connectivity index (χ0) is 20.2. The Labute approximate surface area is 154 Å². The van der Waals surface area contributed by atoms with Gasteiger partial charge in [0.15, 0.2) is 11.5 Å². The number of alkyl halides is 3. The van der Waals surface area contributed by atoms with Crippen molar-refractivity contribution in [2.45, 2.75) is 25.1 Å². The molecule has 0 spiro atoms. The highest BCUT2D eigenvalue weighted by atomic mass is 19.4. The van der Waals surface area contributed by atoms with Crippen LogP contribution in [-0.2, 0) is 4.79 Å². The van der Waals surface area contributed by atoms with Gasteiger partial charge in [-0.15, -0.1) is 0 Å². The molecule has 0 radical (unpaired) electrons. The summed E-state index contributed by atoms with van der Waals surface area (Å²) in [5.41, 5.74) is 0.308. The first-order valence-electron chi connectivity index (χ1n) is 8.18. The van der Waals surface area contributed by atoms with Crippen LogP contribution in [0.3, 0.4) is 0 Å². The van der Waals surface area contributed by atoms with Gasteiger partial charge in [0, 0.05) is 24.7 Å². The number of hydrogen-bond acceptors (Lipinski definition) is 5. The number of rotatable bonds is 5. The predicted molar refractivity (Wildman–Crippen MR) is 89.2 cm³/mol. The standard InChI is InChI=1S/C17H21F3N2O5/c1-25-12-8-10(9-13(26-2)14(12)27-3)15(23)22-6-4-11(5-7-22)21-16(24)17(18,19)20/h8-9,11H,4-7H2,1-3H3,(H,21,24). The Morgan fingerprint density at radius 3 is 1.96 bits per heavy atom. The summed E-state index contributed by atoms with van der Waals surface area (Å²) in [6, 6.07) is 2.41. The molecular formula is C17H21F3N2O5. The number of benzene rings is 1. The SMILES string of the molecule is COc1cc(C(=O)N2CCC(NC(=O)C(F)(F)F)CC2)cc(OC)c1OC. The number of ether oxygens (including phenoxy) is 3. The first-order chi connectivity index (χ1) is 12.7. The van der Waals surface area contributed by atoms with Gasteiger partial charge >= 0.3 is 12.1 Å². The van der Waals surface area contributed by atoms with Crippen molar-refractivity contribution in [2.24, 2.45) is 0 Å². The largest absolute Gasteiger partial charge is 0.493 e. The van der Waals surface area contributed by atoms with Gasteiger partial charge in [0.05, 0.1) is 21.3 Å². The van der Waals surface area contributed by atoms with E-state index in [0.29, 0.717) is 22.8 Å². The summed E-state index contributed by atoms with van der Waals surface area (Å²) in [6.45, 7) is 0.441. The summed E-state index contributed by atoms with van der Waals surface area (Å²) in [4.78, 5) is 25.3. The number of hydrogen-bond donors (Lipinski definition) is 1. The van der Waals surface area contributed by atoms with Crippen molar-refractivity contribution < 1.29 is 37.0 Å². The highest BCUT2D eigenvalue weighted by molar-refractivity contribution is 5.95. The van der Waals surface area contributed by atoms with Crippen LogP contribution in [0.15, 0.2) is 12.1 Å². The molecule has 1 aromatic rings. The van der Waals surface area contributed by atoms with Gasteiger partial charge in [-0.1, -0.05) is 0 Å². The Kier molecular flexibility index (Phi) is 6.40. The van der Waals surface area contributed by atoms with E-state index in [9.17, 15) is 22.8 Å². The molecule has 2 rings (SSSR count). The number of nitrogens with zero attached hydrogens (tertiary/aromatic N) is 1. The molecule has 1 saturated heterocycles. The quantitative estimate of drug-likeness (QED) is 0.832. The van der Waals surface area contributed by atoms with Crippen LogP contribution < -0.4 is 19.5 Å². The monoisotopic (exact) mass is 390 g/mol. The van der Waals surface area contributed by atoms with Crippen LogP contribution in [0.4, 0.5) is 13.2 Å². The van der Waals surface area contributed by atoms with Gasteiger partial charge in [0.2, 0.25) is 5.75 Å². The number of likely N-dealkylation sites (tertiary alicyclic amines) is 1. The summed E-state index contributed by atoms with van der Waals surface area (Å²) >= 11 is 0. The molecule has 0 saturated carbocycles. The van der Waals surface area contributed by atoms with Crippen LogP contribution in [0.2, 0.25) is 0 Å². The normalized spacial score (nSPS) is 15.3. The molecular weight excluding hydrogens is 369 g/mol. The fourth-order valence-electron chi connectivity index (χ4n) is 2.88. The third-order valence-electron chi connectivity index (χ3n) is 4.29. The molecule has 0 unspecified atom stereocenters. The number of piperidine rings is 1. The zero-order valence-electron chi connectivity index (χ0n) is 15.2. The number of amides is 2. The summed E-state index contributed by atoms with van der Waals surface area (Å²) < 4.78 is 52.6. The number of carbonyl (C=O) groups excluding carboxylic acids is 2. The van der Waals surface area contributed by atoms with Crippen LogP contribution in [0.25, 0.3) is 0 Å². The highest BCUT2D eigenvalue weighted by Crippen LogP contribution is 2.38. The molecule has 1 N–H and O–H groups in total. The van der Waals surface area contributed by atoms with Crippen molar-refractivity contribution in [2.75, 3.05) is 34.4 Å². The topological polar surface area (TPSA) is 77.1 Å². The van der Waals surface area contributed by atoms with E-state index in [1.54, 1.807) is 0 Å². The first kappa shape index (κ1) is 20.7. The average Bonchev–Trinajstić information content (AvgIpc) is 2.65. The van der Waals surface area contributed by atoms with Gasteiger partial charge in [-0.05, 0) is 25.0 Å². The predicted octanol–water partition coefficient (Wildman–Crippen LogP) is 2.00. The molecule has 0 bridgehead atoms. The first-order valence-corrected chi connectivity index (χ1v) is 8.18. The molecule has 1 aliphatic heterocycles. The molecule has 7 nitrogen and oxygen atoms in total. The van der Waals surface area contributed by atoms with Crippen LogP contribution in [0.5, 0.6) is 17.2 Å². The summed E-state index contributed by atoms with van der Waals surface area (Å²) in [5.74, 6) is -1.27. The maximum atomic E-state index is 12.7. The Morgan fingerprint density at radius 2 is 1.56 bits per heavy atom. The molecule has 27 heavy (non-hydrogen) atoms. The molecule has 1 aromatic carbocycles. The summed E-state index contributed by atoms with van der Waals surface area (Å²) in [7, 11) is 4.31. The van der Waals surface area contributed by atoms with E-state index in [1.807, 2.05) is 5.32 Å². The Hall–Kier alpha value is -2.65. The van der Waals surface area contributed by atoms with Gasteiger partial charge in [0.25, 0.3) is 5.91 Å². The van der Waals surface area contributed by atoms with Crippen molar-refractivity contribution in [3.63, 3.8) is 0 Å². The minimum atomic E-state index is -4.91. The van der Waals surface area contributed by atoms with E-state index in [0.717, 1.165) is 0 Å². The molecule has 10 heteroatoms. The molecule has 0 atom stereocenters. The van der Waals surface area contributed by atoms with Crippen molar-refractivity contribution in [1.29, 1.82) is 0 Å². The summed E-state index contributed by atoms with van der Waals surface area (Å²) in [6.07, 6.45) is -4.45. The molecule has 1 heterocycles. The molecule has 2 amide bonds. The smallest absolute Gasteiger partial charge is 0.471 e. The van der Waals surface area contributed by atoms with E-state index in [2.05, 4.69) is 0 Å². The second kappa shape index (κ2) is 8.36. The number of carbonyl (C=O) groups is 2. The second-order valence-electron chi connectivity index (χ2n) is 5.95. The molecule has 150 valence electrons. The van der Waals surface area contributed by atoms with E-state index < -0.39 is 18.1 Å². The number of halogens is 3. The Morgan fingerprint density at radius 1 is 1.04 bits per heavy atom.